The van der Waals surface area contributed by atoms with Crippen LogP contribution in [-0.2, 0) is 9.53 Å². The molecular weight excluding hydrogens is 188 g/mol. The second kappa shape index (κ2) is 2.66. The normalized spacial score (nSPS) is 34.7. The van der Waals surface area contributed by atoms with Gasteiger partial charge in [-0.2, -0.15) is 0 Å². The van der Waals surface area contributed by atoms with Crippen LogP contribution in [0.25, 0.3) is 0 Å². The topological polar surface area (TPSA) is 46.5 Å². The molecule has 0 bridgehead atoms. The van der Waals surface area contributed by atoms with Crippen LogP contribution in [0.5, 0.6) is 0 Å². The van der Waals surface area contributed by atoms with Crippen molar-refractivity contribution in [2.45, 2.75) is 18.6 Å². The summed E-state index contributed by atoms with van der Waals surface area (Å²) < 4.78 is 4.69. The fraction of sp³-hybridized carbons (Fsp3) is 0.800. The summed E-state index contributed by atoms with van der Waals surface area (Å²) in [5.74, 6) is -0.501. The van der Waals surface area contributed by atoms with Crippen LogP contribution in [0.15, 0.2) is 0 Å². The number of ether oxygens (including phenoxy) is 1. The summed E-state index contributed by atoms with van der Waals surface area (Å²) in [4.78, 5) is 10.5. The molecule has 4 heteroatoms. The van der Waals surface area contributed by atoms with Crippen molar-refractivity contribution in [2.24, 2.45) is 0 Å². The Hall–Kier alpha value is -0.0900. The van der Waals surface area contributed by atoms with Crippen LogP contribution < -0.4 is 0 Å². The second-order valence-corrected chi connectivity index (χ2v) is 2.61. The van der Waals surface area contributed by atoms with Crippen molar-refractivity contribution in [3.05, 3.63) is 0 Å². The molecule has 0 amide bonds. The summed E-state index contributed by atoms with van der Waals surface area (Å²) in [6, 6.07) is 0. The van der Waals surface area contributed by atoms with Crippen LogP contribution in [-0.4, -0.2) is 28.6 Å². The highest BCUT2D eigenvalue weighted by molar-refractivity contribution is 9.09. The molecule has 1 aliphatic rings. The first-order valence-electron chi connectivity index (χ1n) is 2.68. The smallest absolute Gasteiger partial charge is 0.335 e. The van der Waals surface area contributed by atoms with E-state index >= 15 is 0 Å². The molecule has 9 heavy (non-hydrogen) atoms. The highest BCUT2D eigenvalue weighted by atomic mass is 79.9. The molecule has 0 aromatic heterocycles. The molecule has 2 unspecified atom stereocenters. The predicted octanol–water partition coefficient (Wildman–Crippen LogP) is 0.0577. The molecule has 1 rings (SSSR count). The van der Waals surface area contributed by atoms with Gasteiger partial charge in [-0.1, -0.05) is 15.9 Å². The molecule has 0 radical (unpaired) electrons. The van der Waals surface area contributed by atoms with Gasteiger partial charge in [-0.05, 0) is 0 Å². The average molecular weight is 195 g/mol. The van der Waals surface area contributed by atoms with Crippen molar-refractivity contribution in [3.8, 4) is 0 Å². The first-order valence-corrected chi connectivity index (χ1v) is 3.80. The van der Waals surface area contributed by atoms with E-state index in [0.29, 0.717) is 11.8 Å². The minimum absolute atomic E-state index is 0.132. The molecule has 0 aliphatic carbocycles. The summed E-state index contributed by atoms with van der Waals surface area (Å²) in [7, 11) is 0. The molecule has 0 saturated carbocycles. The molecule has 2 atom stereocenters. The number of carbonyl (C=O) groups is 1. The lowest BCUT2D eigenvalue weighted by Gasteiger charge is -2.00. The number of aliphatic hydroxyl groups is 1. The summed E-state index contributed by atoms with van der Waals surface area (Å²) in [6.45, 7) is 0. The minimum Gasteiger partial charge on any atom is -0.459 e. The maximum absolute atomic E-state index is 10.5. The lowest BCUT2D eigenvalue weighted by Crippen LogP contribution is -2.11. The van der Waals surface area contributed by atoms with Crippen molar-refractivity contribution in [1.29, 1.82) is 0 Å². The second-order valence-electron chi connectivity index (χ2n) is 1.96. The van der Waals surface area contributed by atoms with E-state index < -0.39 is 12.1 Å². The molecule has 0 aromatic rings. The van der Waals surface area contributed by atoms with Crippen LogP contribution >= 0.6 is 15.9 Å². The van der Waals surface area contributed by atoms with E-state index in [9.17, 15) is 4.79 Å². The molecule has 3 nitrogen and oxygen atoms in total. The van der Waals surface area contributed by atoms with Crippen LogP contribution in [0.4, 0.5) is 0 Å². The van der Waals surface area contributed by atoms with E-state index in [1.165, 1.54) is 0 Å². The van der Waals surface area contributed by atoms with Gasteiger partial charge in [-0.3, -0.25) is 0 Å². The van der Waals surface area contributed by atoms with Gasteiger partial charge in [0.2, 0.25) is 0 Å². The Morgan fingerprint density at radius 1 is 1.89 bits per heavy atom. The third-order valence-electron chi connectivity index (χ3n) is 1.21. The fourth-order valence-electron chi connectivity index (χ4n) is 0.731. The average Bonchev–Trinajstić information content (AvgIpc) is 2.13. The predicted molar refractivity (Wildman–Crippen MR) is 34.3 cm³/mol. The van der Waals surface area contributed by atoms with E-state index in [1.54, 1.807) is 0 Å². The monoisotopic (exact) mass is 194 g/mol. The zero-order valence-electron chi connectivity index (χ0n) is 4.71. The molecule has 1 heterocycles. The number of cyclic esters (lactones) is 1. The van der Waals surface area contributed by atoms with Crippen molar-refractivity contribution in [2.75, 3.05) is 5.33 Å². The highest BCUT2D eigenvalue weighted by Gasteiger charge is 2.31. The zero-order valence-corrected chi connectivity index (χ0v) is 6.30. The minimum atomic E-state index is -0.896. The summed E-state index contributed by atoms with van der Waals surface area (Å²) in [6.07, 6.45) is -0.607. The lowest BCUT2D eigenvalue weighted by molar-refractivity contribution is -0.146. The standard InChI is InChI=1S/C5H7BrO3/c6-2-3-1-4(7)5(8)9-3/h3-4,7H,1-2H2. The highest BCUT2D eigenvalue weighted by Crippen LogP contribution is 2.15. The summed E-state index contributed by atoms with van der Waals surface area (Å²) in [5.41, 5.74) is 0. The molecule has 1 saturated heterocycles. The third kappa shape index (κ3) is 1.43. The molecular formula is C5H7BrO3. The number of esters is 1. The van der Waals surface area contributed by atoms with Gasteiger partial charge in [0.15, 0.2) is 6.10 Å². The van der Waals surface area contributed by atoms with Crippen LogP contribution in [0.3, 0.4) is 0 Å². The zero-order chi connectivity index (χ0) is 6.85. The van der Waals surface area contributed by atoms with Crippen molar-refractivity contribution >= 4 is 21.9 Å². The van der Waals surface area contributed by atoms with Crippen LogP contribution in [0.1, 0.15) is 6.42 Å². The lowest BCUT2D eigenvalue weighted by atomic mass is 10.2. The number of hydrogen-bond acceptors (Lipinski definition) is 3. The quantitative estimate of drug-likeness (QED) is 0.475. The molecule has 0 spiro atoms. The largest absolute Gasteiger partial charge is 0.459 e. The maximum Gasteiger partial charge on any atom is 0.335 e. The van der Waals surface area contributed by atoms with Gasteiger partial charge < -0.3 is 9.84 Å². The maximum atomic E-state index is 10.5. The number of halogens is 1. The number of aliphatic hydroxyl groups excluding tert-OH is 1. The van der Waals surface area contributed by atoms with E-state index in [-0.39, 0.29) is 6.10 Å². The number of alkyl halides is 1. The summed E-state index contributed by atoms with van der Waals surface area (Å²) in [5, 5.41) is 9.41. The number of hydrogen-bond donors (Lipinski definition) is 1. The van der Waals surface area contributed by atoms with Crippen molar-refractivity contribution in [1.82, 2.24) is 0 Å². The number of carbonyl (C=O) groups excluding carboxylic acids is 1. The Bertz CT molecular complexity index is 125. The van der Waals surface area contributed by atoms with Gasteiger partial charge in [-0.25, -0.2) is 4.79 Å². The Kier molecular flexibility index (Phi) is 2.08. The van der Waals surface area contributed by atoms with Crippen LogP contribution in [0.2, 0.25) is 0 Å². The summed E-state index contributed by atoms with van der Waals surface area (Å²) >= 11 is 3.14. The van der Waals surface area contributed by atoms with Gasteiger partial charge in [-0.15, -0.1) is 0 Å². The SMILES string of the molecule is O=C1OC(CBr)CC1O. The first kappa shape index (κ1) is 7.02. The Balaban J connectivity index is 2.44. The molecule has 1 aliphatic heterocycles. The van der Waals surface area contributed by atoms with E-state index in [1.807, 2.05) is 0 Å². The molecule has 52 valence electrons. The van der Waals surface area contributed by atoms with Crippen molar-refractivity contribution in [3.63, 3.8) is 0 Å². The molecule has 0 aromatic carbocycles. The molecule has 1 N–H and O–H groups in total. The molecule has 1 fully saturated rings. The van der Waals surface area contributed by atoms with Crippen LogP contribution in [0, 0.1) is 0 Å². The first-order chi connectivity index (χ1) is 4.24. The Morgan fingerprint density at radius 2 is 2.56 bits per heavy atom. The third-order valence-corrected chi connectivity index (χ3v) is 1.94. The van der Waals surface area contributed by atoms with Gasteiger partial charge in [0.1, 0.15) is 6.10 Å². The Labute approximate surface area is 61.1 Å². The van der Waals surface area contributed by atoms with E-state index in [4.69, 9.17) is 5.11 Å². The van der Waals surface area contributed by atoms with Gasteiger partial charge in [0.25, 0.3) is 0 Å². The van der Waals surface area contributed by atoms with Crippen molar-refractivity contribution < 1.29 is 14.6 Å². The fourth-order valence-corrected chi connectivity index (χ4v) is 1.13. The van der Waals surface area contributed by atoms with Gasteiger partial charge in [0.05, 0.1) is 0 Å². The Morgan fingerprint density at radius 3 is 2.78 bits per heavy atom. The van der Waals surface area contributed by atoms with Gasteiger partial charge in [0, 0.05) is 11.8 Å². The number of rotatable bonds is 1. The van der Waals surface area contributed by atoms with E-state index in [0.717, 1.165) is 0 Å². The van der Waals surface area contributed by atoms with Gasteiger partial charge >= 0.3 is 5.97 Å². The van der Waals surface area contributed by atoms with E-state index in [2.05, 4.69) is 20.7 Å².